The summed E-state index contributed by atoms with van der Waals surface area (Å²) < 4.78 is 6.46. The molecule has 1 spiro atoms. The van der Waals surface area contributed by atoms with Crippen molar-refractivity contribution in [3.05, 3.63) is 29.8 Å². The second-order valence-corrected chi connectivity index (χ2v) is 8.59. The van der Waals surface area contributed by atoms with Gasteiger partial charge in [-0.15, -0.1) is 0 Å². The molecule has 6 nitrogen and oxygen atoms in total. The van der Waals surface area contributed by atoms with Gasteiger partial charge in [-0.05, 0) is 52.5 Å². The smallest absolute Gasteiger partial charge is 0.227 e. The van der Waals surface area contributed by atoms with Gasteiger partial charge in [-0.2, -0.15) is 0 Å². The van der Waals surface area contributed by atoms with Crippen LogP contribution in [0.3, 0.4) is 0 Å². The summed E-state index contributed by atoms with van der Waals surface area (Å²) in [6.07, 6.45) is 5.60. The van der Waals surface area contributed by atoms with Gasteiger partial charge in [0.2, 0.25) is 5.91 Å². The molecular weight excluding hydrogens is 352 g/mol. The zero-order chi connectivity index (χ0) is 20.2. The third kappa shape index (κ3) is 4.42. The topological polar surface area (TPSA) is 74.8 Å². The molecule has 1 aliphatic carbocycles. The maximum Gasteiger partial charge on any atom is 0.227 e. The number of amides is 1. The molecule has 154 valence electrons. The maximum absolute atomic E-state index is 12.1. The van der Waals surface area contributed by atoms with Gasteiger partial charge >= 0.3 is 0 Å². The van der Waals surface area contributed by atoms with E-state index in [0.29, 0.717) is 6.54 Å². The molecule has 1 fully saturated rings. The minimum Gasteiger partial charge on any atom is -0.487 e. The van der Waals surface area contributed by atoms with Crippen LogP contribution in [-0.2, 0) is 4.79 Å². The lowest BCUT2D eigenvalue weighted by molar-refractivity contribution is -0.128. The summed E-state index contributed by atoms with van der Waals surface area (Å²) in [6, 6.07) is 8.44. The van der Waals surface area contributed by atoms with E-state index in [9.17, 15) is 4.79 Å². The molecule has 1 amide bonds. The predicted octanol–water partition coefficient (Wildman–Crippen LogP) is 3.15. The molecule has 1 unspecified atom stereocenters. The SMILES string of the molecule is CCNC(=NCC(C)(C)C(=O)NC)NC1CC2(CCCC2)Oc2ccccc21. The van der Waals surface area contributed by atoms with Crippen molar-refractivity contribution in [1.29, 1.82) is 0 Å². The van der Waals surface area contributed by atoms with Crippen molar-refractivity contribution in [3.63, 3.8) is 0 Å². The molecule has 1 atom stereocenters. The van der Waals surface area contributed by atoms with Crippen LogP contribution in [0.1, 0.15) is 64.5 Å². The molecule has 1 saturated carbocycles. The Hall–Kier alpha value is -2.24. The number of ether oxygens (including phenoxy) is 1. The highest BCUT2D eigenvalue weighted by molar-refractivity contribution is 5.83. The van der Waals surface area contributed by atoms with E-state index in [1.807, 2.05) is 19.9 Å². The summed E-state index contributed by atoms with van der Waals surface area (Å²) in [4.78, 5) is 16.8. The van der Waals surface area contributed by atoms with E-state index in [-0.39, 0.29) is 17.6 Å². The minimum absolute atomic E-state index is 0.00609. The zero-order valence-corrected chi connectivity index (χ0v) is 17.6. The van der Waals surface area contributed by atoms with Gasteiger partial charge in [-0.3, -0.25) is 9.79 Å². The quantitative estimate of drug-likeness (QED) is 0.537. The number of aliphatic imine (C=N–C) groups is 1. The Kier molecular flexibility index (Phi) is 6.16. The lowest BCUT2D eigenvalue weighted by atomic mass is 9.86. The van der Waals surface area contributed by atoms with Crippen LogP contribution in [0.15, 0.2) is 29.3 Å². The fourth-order valence-corrected chi connectivity index (χ4v) is 4.24. The second-order valence-electron chi connectivity index (χ2n) is 8.59. The normalized spacial score (nSPS) is 21.0. The highest BCUT2D eigenvalue weighted by atomic mass is 16.5. The summed E-state index contributed by atoms with van der Waals surface area (Å²) in [5.41, 5.74) is 0.554. The molecule has 1 aromatic rings. The Morgan fingerprint density at radius 1 is 1.29 bits per heavy atom. The number of rotatable bonds is 5. The largest absolute Gasteiger partial charge is 0.487 e. The number of nitrogens with zero attached hydrogens (tertiary/aromatic N) is 1. The molecule has 2 aliphatic rings. The van der Waals surface area contributed by atoms with Crippen molar-refractivity contribution in [2.24, 2.45) is 10.4 Å². The van der Waals surface area contributed by atoms with Gasteiger partial charge in [0, 0.05) is 25.6 Å². The first kappa shape index (κ1) is 20.5. The van der Waals surface area contributed by atoms with Crippen molar-refractivity contribution in [2.75, 3.05) is 20.1 Å². The second kappa shape index (κ2) is 8.41. The molecule has 3 N–H and O–H groups in total. The first-order valence-electron chi connectivity index (χ1n) is 10.4. The molecule has 6 heteroatoms. The summed E-state index contributed by atoms with van der Waals surface area (Å²) in [5, 5.41) is 9.68. The third-order valence-corrected chi connectivity index (χ3v) is 5.84. The average molecular weight is 387 g/mol. The lowest BCUT2D eigenvalue weighted by Crippen LogP contribution is -2.47. The van der Waals surface area contributed by atoms with Gasteiger partial charge in [0.25, 0.3) is 0 Å². The van der Waals surface area contributed by atoms with E-state index in [2.05, 4.69) is 41.1 Å². The maximum atomic E-state index is 12.1. The van der Waals surface area contributed by atoms with E-state index in [1.165, 1.54) is 18.4 Å². The molecule has 1 aromatic carbocycles. The lowest BCUT2D eigenvalue weighted by Gasteiger charge is -2.40. The van der Waals surface area contributed by atoms with E-state index >= 15 is 0 Å². The highest BCUT2D eigenvalue weighted by Crippen LogP contribution is 2.46. The van der Waals surface area contributed by atoms with Crippen LogP contribution in [0.4, 0.5) is 0 Å². The predicted molar refractivity (Wildman–Crippen MR) is 113 cm³/mol. The number of carbonyl (C=O) groups excluding carboxylic acids is 1. The van der Waals surface area contributed by atoms with Crippen molar-refractivity contribution >= 4 is 11.9 Å². The Balaban J connectivity index is 1.81. The Bertz CT molecular complexity index is 723. The molecule has 1 heterocycles. The van der Waals surface area contributed by atoms with E-state index in [1.54, 1.807) is 7.05 Å². The van der Waals surface area contributed by atoms with Crippen LogP contribution in [0.5, 0.6) is 5.75 Å². The van der Waals surface area contributed by atoms with Gasteiger partial charge in [0.15, 0.2) is 5.96 Å². The van der Waals surface area contributed by atoms with Crippen LogP contribution < -0.4 is 20.7 Å². The third-order valence-electron chi connectivity index (χ3n) is 5.84. The van der Waals surface area contributed by atoms with Gasteiger partial charge in [0.1, 0.15) is 11.4 Å². The molecule has 0 radical (unpaired) electrons. The number of carbonyl (C=O) groups is 1. The number of fused-ring (bicyclic) bond motifs is 1. The first-order valence-corrected chi connectivity index (χ1v) is 10.4. The summed E-state index contributed by atoms with van der Waals surface area (Å²) in [7, 11) is 1.66. The summed E-state index contributed by atoms with van der Waals surface area (Å²) in [6.45, 7) is 7.06. The molecule has 0 aromatic heterocycles. The van der Waals surface area contributed by atoms with Gasteiger partial charge in [-0.1, -0.05) is 18.2 Å². The first-order chi connectivity index (χ1) is 13.4. The fourth-order valence-electron chi connectivity index (χ4n) is 4.24. The number of hydrogen-bond donors (Lipinski definition) is 3. The van der Waals surface area contributed by atoms with Crippen LogP contribution in [0, 0.1) is 5.41 Å². The standard InChI is InChI=1S/C22H34N4O2/c1-5-24-20(25-15-21(2,3)19(27)23-4)26-17-14-22(12-8-9-13-22)28-18-11-7-6-10-16(17)18/h6-7,10-11,17H,5,8-9,12-15H2,1-4H3,(H,23,27)(H2,24,25,26). The molecule has 1 aliphatic heterocycles. The van der Waals surface area contributed by atoms with Gasteiger partial charge in [0.05, 0.1) is 18.0 Å². The van der Waals surface area contributed by atoms with Gasteiger partial charge in [-0.25, -0.2) is 0 Å². The Labute approximate surface area is 168 Å². The van der Waals surface area contributed by atoms with E-state index < -0.39 is 5.41 Å². The number of nitrogens with one attached hydrogen (secondary N) is 3. The van der Waals surface area contributed by atoms with Gasteiger partial charge < -0.3 is 20.7 Å². The molecule has 28 heavy (non-hydrogen) atoms. The fraction of sp³-hybridized carbons (Fsp3) is 0.636. The molecule has 3 rings (SSSR count). The number of benzene rings is 1. The van der Waals surface area contributed by atoms with Crippen LogP contribution in [-0.4, -0.2) is 37.6 Å². The van der Waals surface area contributed by atoms with Crippen molar-refractivity contribution < 1.29 is 9.53 Å². The summed E-state index contributed by atoms with van der Waals surface area (Å²) >= 11 is 0. The van der Waals surface area contributed by atoms with Crippen molar-refractivity contribution in [3.8, 4) is 5.75 Å². The monoisotopic (exact) mass is 386 g/mol. The summed E-state index contributed by atoms with van der Waals surface area (Å²) in [5.74, 6) is 1.72. The number of para-hydroxylation sites is 1. The van der Waals surface area contributed by atoms with Crippen LogP contribution >= 0.6 is 0 Å². The van der Waals surface area contributed by atoms with Crippen LogP contribution in [0.25, 0.3) is 0 Å². The molecule has 0 saturated heterocycles. The van der Waals surface area contributed by atoms with Crippen molar-refractivity contribution in [2.45, 2.75) is 64.5 Å². The molecule has 0 bridgehead atoms. The van der Waals surface area contributed by atoms with Crippen LogP contribution in [0.2, 0.25) is 0 Å². The Morgan fingerprint density at radius 2 is 2.00 bits per heavy atom. The zero-order valence-electron chi connectivity index (χ0n) is 17.6. The van der Waals surface area contributed by atoms with E-state index in [4.69, 9.17) is 9.73 Å². The van der Waals surface area contributed by atoms with E-state index in [0.717, 1.165) is 37.5 Å². The highest BCUT2D eigenvalue weighted by Gasteiger charge is 2.43. The average Bonchev–Trinajstić information content (AvgIpc) is 3.13. The minimum atomic E-state index is -0.558. The molecular formula is C22H34N4O2. The number of guanidine groups is 1. The van der Waals surface area contributed by atoms with Crippen molar-refractivity contribution in [1.82, 2.24) is 16.0 Å². The Morgan fingerprint density at radius 3 is 2.68 bits per heavy atom. The number of hydrogen-bond acceptors (Lipinski definition) is 3.